The Balaban J connectivity index is 1.42. The van der Waals surface area contributed by atoms with Crippen LogP contribution in [0.15, 0.2) is 53.3 Å². The Morgan fingerprint density at radius 2 is 1.78 bits per heavy atom. The predicted octanol–water partition coefficient (Wildman–Crippen LogP) is 4.50. The van der Waals surface area contributed by atoms with Crippen LogP contribution in [0.4, 0.5) is 0 Å². The first-order valence-corrected chi connectivity index (χ1v) is 12.8. The lowest BCUT2D eigenvalue weighted by atomic mass is 9.89. The van der Waals surface area contributed by atoms with E-state index in [-0.39, 0.29) is 17.5 Å². The number of carbonyl (C=O) groups is 1. The fourth-order valence-electron chi connectivity index (χ4n) is 4.96. The minimum absolute atomic E-state index is 0.0996. The van der Waals surface area contributed by atoms with Crippen molar-refractivity contribution in [3.8, 4) is 22.5 Å². The summed E-state index contributed by atoms with van der Waals surface area (Å²) in [7, 11) is 0. The second-order valence-corrected chi connectivity index (χ2v) is 9.45. The van der Waals surface area contributed by atoms with Crippen LogP contribution in [0, 0.1) is 5.92 Å². The Bertz CT molecular complexity index is 1360. The first-order chi connectivity index (χ1) is 17.7. The lowest BCUT2D eigenvalue weighted by Crippen LogP contribution is -2.35. The van der Waals surface area contributed by atoms with Gasteiger partial charge < -0.3 is 0 Å². The maximum absolute atomic E-state index is 13.3. The minimum Gasteiger partial charge on any atom is -0.274 e. The number of carbonyl (C=O) groups excluding carboxylic acids is 1. The van der Waals surface area contributed by atoms with Gasteiger partial charge in [-0.05, 0) is 41.2 Å². The number of aryl methyl sites for hydroxylation is 1. The fourth-order valence-corrected chi connectivity index (χ4v) is 4.96. The number of hydrogen-bond acceptors (Lipinski definition) is 6. The molecule has 186 valence electrons. The lowest BCUT2D eigenvalue weighted by molar-refractivity contribution is 0.0778. The van der Waals surface area contributed by atoms with E-state index in [1.807, 2.05) is 48.5 Å². The quantitative estimate of drug-likeness (QED) is 0.393. The number of hydrogen-bond donors (Lipinski definition) is 1. The molecule has 0 amide bonds. The first kappa shape index (κ1) is 23.8. The Kier molecular flexibility index (Phi) is 7.16. The molecule has 0 saturated heterocycles. The number of nitrogens with zero attached hydrogens (tertiary/aromatic N) is 6. The highest BCUT2D eigenvalue weighted by molar-refractivity contribution is 5.81. The zero-order valence-corrected chi connectivity index (χ0v) is 20.6. The Labute approximate surface area is 209 Å². The molecule has 0 spiro atoms. The van der Waals surface area contributed by atoms with Gasteiger partial charge in [0, 0.05) is 17.9 Å². The third-order valence-electron chi connectivity index (χ3n) is 6.98. The van der Waals surface area contributed by atoms with Crippen molar-refractivity contribution in [2.24, 2.45) is 5.92 Å². The molecule has 1 fully saturated rings. The summed E-state index contributed by atoms with van der Waals surface area (Å²) >= 11 is 0. The molecule has 0 atom stereocenters. The molecule has 1 aliphatic carbocycles. The van der Waals surface area contributed by atoms with Gasteiger partial charge in [0.15, 0.2) is 0 Å². The van der Waals surface area contributed by atoms with E-state index in [2.05, 4.69) is 32.6 Å². The SMILES string of the molecule is CCCCc1nn(C(=O)C2CCCCC2)c(=O)n1Cc1ccc(-c2ccccc2-c2nn[nH]n2)cc1. The van der Waals surface area contributed by atoms with Crippen molar-refractivity contribution in [1.29, 1.82) is 0 Å². The van der Waals surface area contributed by atoms with E-state index < -0.39 is 0 Å². The summed E-state index contributed by atoms with van der Waals surface area (Å²) in [6.07, 6.45) is 7.50. The van der Waals surface area contributed by atoms with Gasteiger partial charge in [-0.15, -0.1) is 20.0 Å². The van der Waals surface area contributed by atoms with E-state index in [1.54, 1.807) is 4.57 Å². The Morgan fingerprint density at radius 1 is 1.03 bits per heavy atom. The zero-order chi connectivity index (χ0) is 24.9. The molecule has 2 heterocycles. The van der Waals surface area contributed by atoms with E-state index in [4.69, 9.17) is 0 Å². The standard InChI is InChI=1S/C27H31N7O2/c1-2-3-13-24-30-34(26(35)21-9-5-4-6-10-21)27(36)33(24)18-19-14-16-20(17-15-19)22-11-7-8-12-23(22)25-28-31-32-29-25/h7-8,11-12,14-17,21H,2-6,9-10,13,18H2,1H3,(H,28,29,31,32). The van der Waals surface area contributed by atoms with E-state index in [0.29, 0.717) is 24.6 Å². The summed E-state index contributed by atoms with van der Waals surface area (Å²) in [5, 5.41) is 18.9. The van der Waals surface area contributed by atoms with Crippen LogP contribution in [-0.2, 0) is 13.0 Å². The molecule has 2 aromatic carbocycles. The number of rotatable bonds is 8. The van der Waals surface area contributed by atoms with Crippen molar-refractivity contribution in [2.45, 2.75) is 64.8 Å². The van der Waals surface area contributed by atoms with Gasteiger partial charge in [0.25, 0.3) is 5.91 Å². The maximum atomic E-state index is 13.3. The molecule has 0 unspecified atom stereocenters. The van der Waals surface area contributed by atoms with Gasteiger partial charge in [0.05, 0.1) is 6.54 Å². The van der Waals surface area contributed by atoms with E-state index in [9.17, 15) is 9.59 Å². The maximum Gasteiger partial charge on any atom is 0.353 e. The van der Waals surface area contributed by atoms with Crippen molar-refractivity contribution in [3.63, 3.8) is 0 Å². The monoisotopic (exact) mass is 485 g/mol. The molecule has 9 nitrogen and oxygen atoms in total. The van der Waals surface area contributed by atoms with E-state index >= 15 is 0 Å². The number of nitrogens with one attached hydrogen (secondary N) is 1. The number of benzene rings is 2. The van der Waals surface area contributed by atoms with E-state index in [0.717, 1.165) is 71.9 Å². The van der Waals surface area contributed by atoms with E-state index in [1.165, 1.54) is 0 Å². The molecule has 36 heavy (non-hydrogen) atoms. The molecule has 1 N–H and O–H groups in total. The molecule has 0 bridgehead atoms. The minimum atomic E-state index is -0.330. The molecule has 5 rings (SSSR count). The highest BCUT2D eigenvalue weighted by Crippen LogP contribution is 2.30. The van der Waals surface area contributed by atoms with Crippen LogP contribution < -0.4 is 5.69 Å². The fraction of sp³-hybridized carbons (Fsp3) is 0.407. The van der Waals surface area contributed by atoms with Crippen molar-refractivity contribution in [3.05, 3.63) is 70.4 Å². The molecule has 0 radical (unpaired) electrons. The van der Waals surface area contributed by atoms with Gasteiger partial charge >= 0.3 is 5.69 Å². The summed E-state index contributed by atoms with van der Waals surface area (Å²) in [6, 6.07) is 16.0. The van der Waals surface area contributed by atoms with Crippen LogP contribution in [0.2, 0.25) is 0 Å². The summed E-state index contributed by atoms with van der Waals surface area (Å²) in [4.78, 5) is 26.4. The summed E-state index contributed by atoms with van der Waals surface area (Å²) in [5.74, 6) is 0.969. The number of tetrazole rings is 1. The average Bonchev–Trinajstić information content (AvgIpc) is 3.57. The van der Waals surface area contributed by atoms with Gasteiger partial charge in [-0.25, -0.2) is 4.79 Å². The number of aromatic nitrogens is 7. The van der Waals surface area contributed by atoms with Crippen molar-refractivity contribution in [1.82, 2.24) is 35.0 Å². The van der Waals surface area contributed by atoms with Crippen LogP contribution in [0.5, 0.6) is 0 Å². The number of aromatic amines is 1. The smallest absolute Gasteiger partial charge is 0.274 e. The van der Waals surface area contributed by atoms with Crippen LogP contribution >= 0.6 is 0 Å². The second kappa shape index (κ2) is 10.8. The summed E-state index contributed by atoms with van der Waals surface area (Å²) < 4.78 is 2.80. The van der Waals surface area contributed by atoms with Gasteiger partial charge in [-0.1, -0.05) is 81.1 Å². The summed E-state index contributed by atoms with van der Waals surface area (Å²) in [5.41, 5.74) is 3.54. The topological polar surface area (TPSA) is 111 Å². The highest BCUT2D eigenvalue weighted by Gasteiger charge is 2.27. The van der Waals surface area contributed by atoms with Gasteiger partial charge in [0.1, 0.15) is 5.82 Å². The molecule has 9 heteroatoms. The third kappa shape index (κ3) is 4.91. The Morgan fingerprint density at radius 3 is 2.47 bits per heavy atom. The predicted molar refractivity (Wildman–Crippen MR) is 136 cm³/mol. The molecular weight excluding hydrogens is 454 g/mol. The normalized spacial score (nSPS) is 14.2. The largest absolute Gasteiger partial charge is 0.353 e. The van der Waals surface area contributed by atoms with Gasteiger partial charge in [-0.3, -0.25) is 9.36 Å². The van der Waals surface area contributed by atoms with Crippen molar-refractivity contribution >= 4 is 5.91 Å². The summed E-state index contributed by atoms with van der Waals surface area (Å²) in [6.45, 7) is 2.49. The number of H-pyrrole nitrogens is 1. The third-order valence-corrected chi connectivity index (χ3v) is 6.98. The van der Waals surface area contributed by atoms with Crippen LogP contribution in [0.3, 0.4) is 0 Å². The molecule has 0 aliphatic heterocycles. The first-order valence-electron chi connectivity index (χ1n) is 12.8. The number of unbranched alkanes of at least 4 members (excludes halogenated alkanes) is 1. The van der Waals surface area contributed by atoms with Crippen LogP contribution in [-0.4, -0.2) is 40.9 Å². The molecular formula is C27H31N7O2. The molecule has 1 aliphatic rings. The zero-order valence-electron chi connectivity index (χ0n) is 20.6. The van der Waals surface area contributed by atoms with Gasteiger partial charge in [-0.2, -0.15) is 5.21 Å². The van der Waals surface area contributed by atoms with Crippen molar-refractivity contribution < 1.29 is 4.79 Å². The second-order valence-electron chi connectivity index (χ2n) is 9.45. The average molecular weight is 486 g/mol. The highest BCUT2D eigenvalue weighted by atomic mass is 16.2. The van der Waals surface area contributed by atoms with Crippen LogP contribution in [0.1, 0.15) is 68.1 Å². The molecule has 1 saturated carbocycles. The Hall–Kier alpha value is -3.88. The molecule has 2 aromatic heterocycles. The van der Waals surface area contributed by atoms with Crippen molar-refractivity contribution in [2.75, 3.05) is 0 Å². The van der Waals surface area contributed by atoms with Crippen LogP contribution in [0.25, 0.3) is 22.5 Å². The molecule has 4 aromatic rings. The van der Waals surface area contributed by atoms with Gasteiger partial charge in [0.2, 0.25) is 5.82 Å². The lowest BCUT2D eigenvalue weighted by Gasteiger charge is -2.19.